The van der Waals surface area contributed by atoms with Gasteiger partial charge in [-0.25, -0.2) is 0 Å². The zero-order valence-corrected chi connectivity index (χ0v) is 18.1. The van der Waals surface area contributed by atoms with Crippen LogP contribution in [-0.2, 0) is 0 Å². The topological polar surface area (TPSA) is 25.8 Å². The first-order valence-electron chi connectivity index (χ1n) is 11.2. The van der Waals surface area contributed by atoms with Crippen LogP contribution in [0.5, 0.6) is 0 Å². The number of pyridine rings is 2. The van der Waals surface area contributed by atoms with E-state index in [1.165, 1.54) is 35.4 Å². The second-order valence-electron chi connectivity index (χ2n) is 11.4. The fourth-order valence-electron chi connectivity index (χ4n) is 7.63. The predicted octanol–water partition coefficient (Wildman–Crippen LogP) is 6.64. The summed E-state index contributed by atoms with van der Waals surface area (Å²) in [6.07, 6.45) is 2.69. The van der Waals surface area contributed by atoms with E-state index in [1.54, 1.807) is 0 Å². The first-order chi connectivity index (χ1) is 13.2. The average molecular weight is 373 g/mol. The Morgan fingerprint density at radius 3 is 1.43 bits per heavy atom. The Morgan fingerprint density at radius 2 is 1.07 bits per heavy atom. The zero-order chi connectivity index (χ0) is 19.6. The highest BCUT2D eigenvalue weighted by molar-refractivity contribution is 5.58. The van der Waals surface area contributed by atoms with Gasteiger partial charge in [-0.2, -0.15) is 0 Å². The lowest BCUT2D eigenvalue weighted by atomic mass is 9.45. The lowest BCUT2D eigenvalue weighted by Gasteiger charge is -2.59. The molecule has 0 amide bonds. The third-order valence-corrected chi connectivity index (χ3v) is 9.68. The summed E-state index contributed by atoms with van der Waals surface area (Å²) in [5, 5.41) is 0. The molecule has 2 aromatic heterocycles. The van der Waals surface area contributed by atoms with Gasteiger partial charge in [0.15, 0.2) is 0 Å². The van der Waals surface area contributed by atoms with Crippen LogP contribution < -0.4 is 0 Å². The molecule has 4 bridgehead atoms. The van der Waals surface area contributed by atoms with E-state index in [2.05, 4.69) is 65.8 Å². The second-order valence-corrected chi connectivity index (χ2v) is 11.4. The lowest BCUT2D eigenvalue weighted by Crippen LogP contribution is -2.50. The van der Waals surface area contributed by atoms with Crippen molar-refractivity contribution in [2.45, 2.75) is 78.1 Å². The molecule has 28 heavy (non-hydrogen) atoms. The van der Waals surface area contributed by atoms with Crippen molar-refractivity contribution >= 4 is 0 Å². The summed E-state index contributed by atoms with van der Waals surface area (Å²) < 4.78 is 0. The molecule has 2 heteroatoms. The van der Waals surface area contributed by atoms with E-state index in [0.717, 1.165) is 23.2 Å². The summed E-state index contributed by atoms with van der Waals surface area (Å²) in [7, 11) is 0. The minimum absolute atomic E-state index is 0.433. The van der Waals surface area contributed by atoms with Crippen LogP contribution in [0.1, 0.15) is 101 Å². The van der Waals surface area contributed by atoms with Crippen LogP contribution >= 0.6 is 0 Å². The minimum atomic E-state index is 0.433. The smallest absolute Gasteiger partial charge is 0.0889 e. The molecule has 0 saturated heterocycles. The van der Waals surface area contributed by atoms with Crippen LogP contribution in [-0.4, -0.2) is 9.97 Å². The van der Waals surface area contributed by atoms with Crippen molar-refractivity contribution < 1.29 is 0 Å². The van der Waals surface area contributed by atoms with Gasteiger partial charge in [-0.05, 0) is 70.6 Å². The SMILES string of the molecule is CC1c2nc(-c3ccc4c(n3)C(C)[C@H]3C[C@@H]4C3(C)C)ccc2[C@@H]2C[C@H]1C2(C)C. The molecule has 0 aromatic carbocycles. The van der Waals surface area contributed by atoms with Crippen molar-refractivity contribution in [1.82, 2.24) is 9.97 Å². The van der Waals surface area contributed by atoms with Gasteiger partial charge in [0, 0.05) is 23.2 Å². The molecule has 0 radical (unpaired) electrons. The van der Waals surface area contributed by atoms with E-state index in [4.69, 9.17) is 9.97 Å². The average Bonchev–Trinajstić information content (AvgIpc) is 2.66. The Hall–Kier alpha value is -1.70. The molecule has 2 unspecified atom stereocenters. The fourth-order valence-corrected chi connectivity index (χ4v) is 7.63. The standard InChI is InChI=1S/C26H32N2/c1-13-17-11-19(25(17,3)4)15-7-9-21(27-23(13)15)22-10-8-16-20-12-18(26(20,5)6)14(2)24(16)28-22/h7-10,13-14,17-20H,11-12H2,1-6H3/t13?,14?,17-,18-,19+,20+/m1/s1. The first-order valence-corrected chi connectivity index (χ1v) is 11.2. The zero-order valence-electron chi connectivity index (χ0n) is 18.1. The van der Waals surface area contributed by atoms with Crippen molar-refractivity contribution in [2.75, 3.05) is 0 Å². The molecule has 0 spiro atoms. The normalized spacial score (nSPS) is 37.9. The molecule has 2 saturated carbocycles. The quantitative estimate of drug-likeness (QED) is 0.561. The van der Waals surface area contributed by atoms with Gasteiger partial charge in [0.25, 0.3) is 0 Å². The van der Waals surface area contributed by atoms with Gasteiger partial charge in [0.2, 0.25) is 0 Å². The minimum Gasteiger partial charge on any atom is -0.251 e. The summed E-state index contributed by atoms with van der Waals surface area (Å²) in [6, 6.07) is 9.18. The molecule has 146 valence electrons. The summed E-state index contributed by atoms with van der Waals surface area (Å²) in [5.41, 5.74) is 8.68. The highest BCUT2D eigenvalue weighted by Crippen LogP contribution is 2.67. The molecular formula is C26H32N2. The molecule has 6 aliphatic carbocycles. The number of nitrogens with zero attached hydrogens (tertiary/aromatic N) is 2. The third kappa shape index (κ3) is 1.86. The first kappa shape index (κ1) is 17.2. The number of aromatic nitrogens is 2. The highest BCUT2D eigenvalue weighted by atomic mass is 14.8. The molecule has 0 aliphatic heterocycles. The van der Waals surface area contributed by atoms with Crippen LogP contribution in [0.25, 0.3) is 11.4 Å². The fraction of sp³-hybridized carbons (Fsp3) is 0.615. The van der Waals surface area contributed by atoms with E-state index in [-0.39, 0.29) is 0 Å². The Morgan fingerprint density at radius 1 is 0.679 bits per heavy atom. The molecular weight excluding hydrogens is 340 g/mol. The van der Waals surface area contributed by atoms with Gasteiger partial charge in [-0.3, -0.25) is 9.97 Å². The van der Waals surface area contributed by atoms with Crippen LogP contribution in [0.4, 0.5) is 0 Å². The van der Waals surface area contributed by atoms with Crippen molar-refractivity contribution in [2.24, 2.45) is 22.7 Å². The van der Waals surface area contributed by atoms with E-state index in [1.807, 2.05) is 0 Å². The van der Waals surface area contributed by atoms with Crippen molar-refractivity contribution in [3.05, 3.63) is 46.8 Å². The van der Waals surface area contributed by atoms with Gasteiger partial charge in [-0.15, -0.1) is 0 Å². The Labute approximate surface area is 169 Å². The van der Waals surface area contributed by atoms with Crippen molar-refractivity contribution in [3.63, 3.8) is 0 Å². The third-order valence-electron chi connectivity index (χ3n) is 9.68. The molecule has 8 rings (SSSR count). The summed E-state index contributed by atoms with van der Waals surface area (Å²) in [4.78, 5) is 10.4. The Balaban J connectivity index is 1.41. The van der Waals surface area contributed by atoms with Crippen LogP contribution in [0, 0.1) is 22.7 Å². The maximum atomic E-state index is 5.18. The van der Waals surface area contributed by atoms with Gasteiger partial charge < -0.3 is 0 Å². The number of hydrogen-bond donors (Lipinski definition) is 0. The summed E-state index contributed by atoms with van der Waals surface area (Å²) in [5.74, 6) is 4.05. The summed E-state index contributed by atoms with van der Waals surface area (Å²) >= 11 is 0. The lowest BCUT2D eigenvalue weighted by molar-refractivity contribution is -0.00295. The number of rotatable bonds is 1. The maximum absolute atomic E-state index is 5.18. The van der Waals surface area contributed by atoms with Gasteiger partial charge in [0.05, 0.1) is 11.4 Å². The molecule has 6 aliphatic rings. The maximum Gasteiger partial charge on any atom is 0.0889 e. The van der Waals surface area contributed by atoms with Gasteiger partial charge >= 0.3 is 0 Å². The molecule has 2 nitrogen and oxygen atoms in total. The van der Waals surface area contributed by atoms with Crippen LogP contribution in [0.2, 0.25) is 0 Å². The number of hydrogen-bond acceptors (Lipinski definition) is 2. The molecule has 2 fully saturated rings. The second kappa shape index (κ2) is 5.07. The van der Waals surface area contributed by atoms with Crippen molar-refractivity contribution in [1.29, 1.82) is 0 Å². The molecule has 6 atom stereocenters. The van der Waals surface area contributed by atoms with Crippen molar-refractivity contribution in [3.8, 4) is 11.4 Å². The largest absolute Gasteiger partial charge is 0.251 e. The predicted molar refractivity (Wildman–Crippen MR) is 114 cm³/mol. The monoisotopic (exact) mass is 372 g/mol. The van der Waals surface area contributed by atoms with Crippen LogP contribution in [0.3, 0.4) is 0 Å². The molecule has 2 aromatic rings. The Kier molecular flexibility index (Phi) is 3.11. The molecule has 0 N–H and O–H groups in total. The van der Waals surface area contributed by atoms with E-state index >= 15 is 0 Å². The summed E-state index contributed by atoms with van der Waals surface area (Å²) in [6.45, 7) is 14.5. The van der Waals surface area contributed by atoms with Gasteiger partial charge in [0.1, 0.15) is 0 Å². The van der Waals surface area contributed by atoms with E-state index in [0.29, 0.717) is 34.5 Å². The van der Waals surface area contributed by atoms with E-state index < -0.39 is 0 Å². The van der Waals surface area contributed by atoms with Crippen LogP contribution in [0.15, 0.2) is 24.3 Å². The van der Waals surface area contributed by atoms with E-state index in [9.17, 15) is 0 Å². The highest BCUT2D eigenvalue weighted by Gasteiger charge is 2.57. The van der Waals surface area contributed by atoms with Gasteiger partial charge in [-0.1, -0.05) is 53.7 Å². The Bertz CT molecular complexity index is 920. The molecule has 2 heterocycles.